The van der Waals surface area contributed by atoms with Crippen molar-refractivity contribution in [1.82, 2.24) is 14.3 Å². The second-order valence-electron chi connectivity index (χ2n) is 7.31. The number of aromatic nitrogens is 2. The standard InChI is InChI=1S/C18H25ClN4O2/c1-5-14-12-23-11-13(19)10-15(16(23)20-14)21-6-8-22(9-7-21)17(24)25-18(2,3)4/h10-12H,5-9H2,1-4H3. The molecule has 0 N–H and O–H groups in total. The summed E-state index contributed by atoms with van der Waals surface area (Å²) in [5.41, 5.74) is 2.48. The van der Waals surface area contributed by atoms with E-state index in [4.69, 9.17) is 21.3 Å². The third kappa shape index (κ3) is 4.00. The van der Waals surface area contributed by atoms with Crippen LogP contribution >= 0.6 is 11.6 Å². The number of fused-ring (bicyclic) bond motifs is 1. The average Bonchev–Trinajstić information content (AvgIpc) is 2.95. The van der Waals surface area contributed by atoms with Crippen LogP contribution in [-0.4, -0.2) is 52.2 Å². The van der Waals surface area contributed by atoms with E-state index in [-0.39, 0.29) is 6.09 Å². The first-order valence-corrected chi connectivity index (χ1v) is 9.04. The normalized spacial score (nSPS) is 15.7. The van der Waals surface area contributed by atoms with Gasteiger partial charge in [0.1, 0.15) is 5.60 Å². The van der Waals surface area contributed by atoms with E-state index in [2.05, 4.69) is 11.8 Å². The van der Waals surface area contributed by atoms with Crippen LogP contribution in [0.5, 0.6) is 0 Å². The van der Waals surface area contributed by atoms with E-state index in [0.717, 1.165) is 36.5 Å². The number of piperazine rings is 1. The summed E-state index contributed by atoms with van der Waals surface area (Å²) in [6.45, 7) is 10.4. The van der Waals surface area contributed by atoms with E-state index < -0.39 is 5.60 Å². The molecule has 0 atom stereocenters. The van der Waals surface area contributed by atoms with Crippen molar-refractivity contribution in [2.45, 2.75) is 39.7 Å². The summed E-state index contributed by atoms with van der Waals surface area (Å²) >= 11 is 6.29. The minimum absolute atomic E-state index is 0.252. The molecular weight excluding hydrogens is 340 g/mol. The average molecular weight is 365 g/mol. The van der Waals surface area contributed by atoms with Gasteiger partial charge in [-0.2, -0.15) is 0 Å². The van der Waals surface area contributed by atoms with Gasteiger partial charge in [-0.25, -0.2) is 9.78 Å². The van der Waals surface area contributed by atoms with Crippen LogP contribution in [0.2, 0.25) is 5.02 Å². The van der Waals surface area contributed by atoms with Crippen LogP contribution in [0, 0.1) is 0 Å². The fourth-order valence-electron chi connectivity index (χ4n) is 2.96. The first-order valence-electron chi connectivity index (χ1n) is 8.67. The predicted molar refractivity (Wildman–Crippen MR) is 99.6 cm³/mol. The zero-order valence-electron chi connectivity index (χ0n) is 15.3. The lowest BCUT2D eigenvalue weighted by Gasteiger charge is -2.36. The van der Waals surface area contributed by atoms with Crippen molar-refractivity contribution in [1.29, 1.82) is 0 Å². The number of carbonyl (C=O) groups is 1. The predicted octanol–water partition coefficient (Wildman–Crippen LogP) is 3.61. The monoisotopic (exact) mass is 364 g/mol. The summed E-state index contributed by atoms with van der Waals surface area (Å²) in [7, 11) is 0. The molecule has 0 unspecified atom stereocenters. The molecule has 2 aromatic rings. The number of hydrogen-bond donors (Lipinski definition) is 0. The van der Waals surface area contributed by atoms with Crippen molar-refractivity contribution < 1.29 is 9.53 Å². The molecule has 3 heterocycles. The van der Waals surface area contributed by atoms with Crippen LogP contribution in [0.25, 0.3) is 5.65 Å². The summed E-state index contributed by atoms with van der Waals surface area (Å²) in [6.07, 6.45) is 4.52. The molecule has 0 aromatic carbocycles. The van der Waals surface area contributed by atoms with Crippen molar-refractivity contribution in [3.05, 3.63) is 29.2 Å². The summed E-state index contributed by atoms with van der Waals surface area (Å²) in [5.74, 6) is 0. The Labute approximate surface area is 153 Å². The molecule has 6 nitrogen and oxygen atoms in total. The van der Waals surface area contributed by atoms with E-state index in [1.165, 1.54) is 0 Å². The second kappa shape index (κ2) is 6.75. The van der Waals surface area contributed by atoms with Crippen molar-refractivity contribution in [2.75, 3.05) is 31.1 Å². The van der Waals surface area contributed by atoms with Gasteiger partial charge in [-0.15, -0.1) is 0 Å². The molecular formula is C18H25ClN4O2. The maximum atomic E-state index is 12.2. The number of halogens is 1. The molecule has 2 aromatic heterocycles. The third-order valence-electron chi connectivity index (χ3n) is 4.18. The number of amides is 1. The number of aryl methyl sites for hydroxylation is 1. The van der Waals surface area contributed by atoms with E-state index in [1.807, 2.05) is 43.6 Å². The molecule has 0 radical (unpaired) electrons. The van der Waals surface area contributed by atoms with Gasteiger partial charge in [-0.1, -0.05) is 18.5 Å². The summed E-state index contributed by atoms with van der Waals surface area (Å²) in [4.78, 5) is 20.9. The molecule has 0 spiro atoms. The highest BCUT2D eigenvalue weighted by Crippen LogP contribution is 2.27. The largest absolute Gasteiger partial charge is 0.444 e. The number of rotatable bonds is 2. The molecule has 25 heavy (non-hydrogen) atoms. The fourth-order valence-corrected chi connectivity index (χ4v) is 3.17. The van der Waals surface area contributed by atoms with Gasteiger partial charge in [0.25, 0.3) is 0 Å². The molecule has 0 bridgehead atoms. The van der Waals surface area contributed by atoms with Crippen LogP contribution in [0.15, 0.2) is 18.5 Å². The fraction of sp³-hybridized carbons (Fsp3) is 0.556. The van der Waals surface area contributed by atoms with E-state index in [1.54, 1.807) is 4.90 Å². The number of carbonyl (C=O) groups excluding carboxylic acids is 1. The molecule has 3 rings (SSSR count). The van der Waals surface area contributed by atoms with Crippen LogP contribution in [0.4, 0.5) is 10.5 Å². The Morgan fingerprint density at radius 1 is 1.24 bits per heavy atom. The highest BCUT2D eigenvalue weighted by atomic mass is 35.5. The Balaban J connectivity index is 1.76. The topological polar surface area (TPSA) is 50.1 Å². The first-order chi connectivity index (χ1) is 11.8. The van der Waals surface area contributed by atoms with Crippen LogP contribution in [0.1, 0.15) is 33.4 Å². The van der Waals surface area contributed by atoms with Gasteiger partial charge in [0.15, 0.2) is 5.65 Å². The molecule has 1 aliphatic rings. The summed E-state index contributed by atoms with van der Waals surface area (Å²) < 4.78 is 7.44. The smallest absolute Gasteiger partial charge is 0.410 e. The van der Waals surface area contributed by atoms with Gasteiger partial charge in [0.05, 0.1) is 16.4 Å². The van der Waals surface area contributed by atoms with Gasteiger partial charge in [-0.05, 0) is 33.3 Å². The molecule has 0 saturated carbocycles. The quantitative estimate of drug-likeness (QED) is 0.816. The Bertz CT molecular complexity index is 773. The Morgan fingerprint density at radius 2 is 1.92 bits per heavy atom. The molecule has 136 valence electrons. The third-order valence-corrected chi connectivity index (χ3v) is 4.39. The molecule has 1 saturated heterocycles. The highest BCUT2D eigenvalue weighted by molar-refractivity contribution is 6.30. The SMILES string of the molecule is CCc1cn2cc(Cl)cc(N3CCN(C(=O)OC(C)(C)C)CC3)c2n1. The van der Waals surface area contributed by atoms with Crippen LogP contribution in [0.3, 0.4) is 0 Å². The number of imidazole rings is 1. The summed E-state index contributed by atoms with van der Waals surface area (Å²) in [5, 5.41) is 0.678. The first kappa shape index (κ1) is 17.9. The second-order valence-corrected chi connectivity index (χ2v) is 7.75. The van der Waals surface area contributed by atoms with E-state index in [9.17, 15) is 4.79 Å². The van der Waals surface area contributed by atoms with Crippen LogP contribution in [-0.2, 0) is 11.2 Å². The number of ether oxygens (including phenoxy) is 1. The van der Waals surface area contributed by atoms with Crippen molar-refractivity contribution in [3.63, 3.8) is 0 Å². The van der Waals surface area contributed by atoms with E-state index >= 15 is 0 Å². The molecule has 7 heteroatoms. The molecule has 0 aliphatic carbocycles. The van der Waals surface area contributed by atoms with Gasteiger partial charge in [0.2, 0.25) is 0 Å². The lowest BCUT2D eigenvalue weighted by atomic mass is 10.2. The van der Waals surface area contributed by atoms with Gasteiger partial charge >= 0.3 is 6.09 Å². The van der Waals surface area contributed by atoms with Gasteiger partial charge in [0, 0.05) is 38.6 Å². The lowest BCUT2D eigenvalue weighted by molar-refractivity contribution is 0.0240. The zero-order valence-corrected chi connectivity index (χ0v) is 16.0. The Kier molecular flexibility index (Phi) is 4.82. The number of pyridine rings is 1. The Morgan fingerprint density at radius 3 is 2.52 bits per heavy atom. The van der Waals surface area contributed by atoms with Crippen molar-refractivity contribution >= 4 is 29.0 Å². The lowest BCUT2D eigenvalue weighted by Crippen LogP contribution is -2.50. The van der Waals surface area contributed by atoms with Crippen LogP contribution < -0.4 is 4.90 Å². The number of hydrogen-bond acceptors (Lipinski definition) is 4. The molecule has 1 aliphatic heterocycles. The molecule has 1 amide bonds. The van der Waals surface area contributed by atoms with Crippen molar-refractivity contribution in [2.24, 2.45) is 0 Å². The maximum absolute atomic E-state index is 12.2. The van der Waals surface area contributed by atoms with Crippen molar-refractivity contribution in [3.8, 4) is 0 Å². The number of nitrogens with zero attached hydrogens (tertiary/aromatic N) is 4. The maximum Gasteiger partial charge on any atom is 0.410 e. The molecule has 1 fully saturated rings. The number of anilines is 1. The minimum atomic E-state index is -0.472. The van der Waals surface area contributed by atoms with E-state index in [0.29, 0.717) is 18.1 Å². The van der Waals surface area contributed by atoms with Gasteiger partial charge in [-0.3, -0.25) is 0 Å². The highest BCUT2D eigenvalue weighted by Gasteiger charge is 2.27. The minimum Gasteiger partial charge on any atom is -0.444 e. The Hall–Kier alpha value is -1.95. The van der Waals surface area contributed by atoms with Gasteiger partial charge < -0.3 is 18.9 Å². The summed E-state index contributed by atoms with van der Waals surface area (Å²) in [6, 6.07) is 1.95. The zero-order chi connectivity index (χ0) is 18.2.